The van der Waals surface area contributed by atoms with Crippen LogP contribution in [0.3, 0.4) is 0 Å². The van der Waals surface area contributed by atoms with Crippen molar-refractivity contribution in [1.29, 1.82) is 10.5 Å². The van der Waals surface area contributed by atoms with Gasteiger partial charge in [-0.05, 0) is 19.1 Å². The van der Waals surface area contributed by atoms with Gasteiger partial charge in [0.05, 0.1) is 0 Å². The number of nitrogens with zero attached hydrogens (tertiary/aromatic N) is 2. The van der Waals surface area contributed by atoms with Crippen LogP contribution in [-0.2, 0) is 14.3 Å². The normalized spacial score (nSPS) is 9.82. The van der Waals surface area contributed by atoms with Gasteiger partial charge in [0.25, 0.3) is 0 Å². The second-order valence-corrected chi connectivity index (χ2v) is 4.69. The van der Waals surface area contributed by atoms with Crippen LogP contribution in [0.4, 0.5) is 0 Å². The summed E-state index contributed by atoms with van der Waals surface area (Å²) in [5, 5.41) is 16.8. The Kier molecular flexibility index (Phi) is 3.86. The highest BCUT2D eigenvalue weighted by Crippen LogP contribution is 2.13. The number of benzene rings is 1. The largest absolute Gasteiger partial charge is 0.385 e. The predicted octanol–water partition coefficient (Wildman–Crippen LogP) is 1.63. The first-order chi connectivity index (χ1) is 7.99. The minimum Gasteiger partial charge on any atom is -0.385 e. The summed E-state index contributed by atoms with van der Waals surface area (Å²) in [6, 6.07) is 9.00. The van der Waals surface area contributed by atoms with Gasteiger partial charge in [0.1, 0.15) is 23.3 Å². The zero-order valence-corrected chi connectivity index (χ0v) is 9.73. The summed E-state index contributed by atoms with van der Waals surface area (Å²) in [5.74, 6) is 0. The molecule has 1 rings (SSSR count). The van der Waals surface area contributed by atoms with E-state index in [0.717, 1.165) is 5.56 Å². The maximum Gasteiger partial charge on any atom is 0.338 e. The molecule has 5 nitrogen and oxygen atoms in total. The Bertz CT molecular complexity index is 600. The molecule has 0 radical (unpaired) electrons. The number of hydrogen-bond acceptors (Lipinski definition) is 5. The molecule has 0 aliphatic carbocycles. The first kappa shape index (κ1) is 12.8. The molecule has 0 bridgehead atoms. The summed E-state index contributed by atoms with van der Waals surface area (Å²) in [6.45, 7) is 1.82. The molecule has 0 heterocycles. The fraction of sp³-hybridized carbons (Fsp3) is 0.0909. The molecule has 1 aromatic rings. The Morgan fingerprint density at radius 3 is 2.24 bits per heavy atom. The molecule has 0 aromatic heterocycles. The van der Waals surface area contributed by atoms with Crippen molar-refractivity contribution in [2.45, 2.75) is 11.8 Å². The van der Waals surface area contributed by atoms with Crippen LogP contribution in [0.2, 0.25) is 0 Å². The molecule has 86 valence electrons. The van der Waals surface area contributed by atoms with Crippen molar-refractivity contribution in [1.82, 2.24) is 0 Å². The zero-order chi connectivity index (χ0) is 12.9. The number of aryl methyl sites for hydroxylation is 1. The van der Waals surface area contributed by atoms with E-state index in [4.69, 9.17) is 10.5 Å². The van der Waals surface area contributed by atoms with E-state index in [-0.39, 0.29) is 4.90 Å². The molecule has 0 aliphatic heterocycles. The Morgan fingerprint density at radius 1 is 1.24 bits per heavy atom. The Balaban J connectivity index is 2.99. The first-order valence-electron chi connectivity index (χ1n) is 4.50. The molecule has 0 spiro atoms. The van der Waals surface area contributed by atoms with Crippen LogP contribution in [0.1, 0.15) is 5.56 Å². The van der Waals surface area contributed by atoms with Crippen molar-refractivity contribution in [2.75, 3.05) is 0 Å². The number of rotatable bonds is 3. The number of allylic oxidation sites excluding steroid dienone is 1. The van der Waals surface area contributed by atoms with Gasteiger partial charge in [-0.3, -0.25) is 0 Å². The van der Waals surface area contributed by atoms with Crippen LogP contribution in [0.25, 0.3) is 0 Å². The Hall–Kier alpha value is -2.31. The fourth-order valence-electron chi connectivity index (χ4n) is 0.950. The third-order valence-electron chi connectivity index (χ3n) is 1.84. The SMILES string of the molecule is Cc1ccc(S(=O)(=O)OC=C(C#N)C#N)cc1. The summed E-state index contributed by atoms with van der Waals surface area (Å²) >= 11 is 0. The van der Waals surface area contributed by atoms with Gasteiger partial charge < -0.3 is 4.18 Å². The first-order valence-corrected chi connectivity index (χ1v) is 5.91. The van der Waals surface area contributed by atoms with Gasteiger partial charge in [-0.25, -0.2) is 0 Å². The van der Waals surface area contributed by atoms with E-state index in [9.17, 15) is 8.42 Å². The third kappa shape index (κ3) is 3.33. The van der Waals surface area contributed by atoms with Crippen LogP contribution < -0.4 is 0 Å². The van der Waals surface area contributed by atoms with Crippen molar-refractivity contribution in [2.24, 2.45) is 0 Å². The van der Waals surface area contributed by atoms with E-state index in [1.807, 2.05) is 6.92 Å². The van der Waals surface area contributed by atoms with E-state index in [1.165, 1.54) is 24.3 Å². The molecule has 1 aromatic carbocycles. The number of hydrogen-bond donors (Lipinski definition) is 0. The quantitative estimate of drug-likeness (QED) is 0.460. The average molecular weight is 248 g/mol. The van der Waals surface area contributed by atoms with Crippen molar-refractivity contribution in [3.8, 4) is 12.1 Å². The highest BCUT2D eigenvalue weighted by atomic mass is 32.2. The van der Waals surface area contributed by atoms with E-state index < -0.39 is 15.7 Å². The van der Waals surface area contributed by atoms with Gasteiger partial charge in [0.2, 0.25) is 0 Å². The van der Waals surface area contributed by atoms with Crippen molar-refractivity contribution in [3.63, 3.8) is 0 Å². The molecule has 0 saturated heterocycles. The number of nitriles is 2. The summed E-state index contributed by atoms with van der Waals surface area (Å²) in [4.78, 5) is -0.0328. The topological polar surface area (TPSA) is 90.9 Å². The van der Waals surface area contributed by atoms with Gasteiger partial charge in [0.15, 0.2) is 5.57 Å². The van der Waals surface area contributed by atoms with Crippen LogP contribution in [0, 0.1) is 29.6 Å². The summed E-state index contributed by atoms with van der Waals surface area (Å²) < 4.78 is 27.7. The highest BCUT2D eigenvalue weighted by molar-refractivity contribution is 7.86. The second-order valence-electron chi connectivity index (χ2n) is 3.12. The van der Waals surface area contributed by atoms with Crippen LogP contribution in [0.15, 0.2) is 41.0 Å². The molecule has 0 saturated carbocycles. The van der Waals surface area contributed by atoms with Gasteiger partial charge in [-0.2, -0.15) is 18.9 Å². The van der Waals surface area contributed by atoms with E-state index >= 15 is 0 Å². The minimum absolute atomic E-state index is 0.0328. The maximum absolute atomic E-state index is 11.6. The third-order valence-corrected chi connectivity index (χ3v) is 3.04. The molecular formula is C11H8N2O3S. The molecule has 0 aliphatic rings. The molecule has 0 unspecified atom stereocenters. The van der Waals surface area contributed by atoms with Crippen LogP contribution in [0.5, 0.6) is 0 Å². The molecule has 0 N–H and O–H groups in total. The molecule has 0 atom stereocenters. The molecule has 0 amide bonds. The van der Waals surface area contributed by atoms with E-state index in [0.29, 0.717) is 6.26 Å². The second kappa shape index (κ2) is 5.15. The van der Waals surface area contributed by atoms with Gasteiger partial charge in [-0.1, -0.05) is 17.7 Å². The summed E-state index contributed by atoms with van der Waals surface area (Å²) in [5.41, 5.74) is 0.495. The molecule has 6 heteroatoms. The van der Waals surface area contributed by atoms with E-state index in [1.54, 1.807) is 12.1 Å². The Labute approximate surface area is 99.3 Å². The smallest absolute Gasteiger partial charge is 0.338 e. The van der Waals surface area contributed by atoms with Crippen molar-refractivity contribution in [3.05, 3.63) is 41.7 Å². The lowest BCUT2D eigenvalue weighted by molar-refractivity contribution is 0.442. The lowest BCUT2D eigenvalue weighted by Crippen LogP contribution is -2.02. The van der Waals surface area contributed by atoms with Crippen molar-refractivity contribution >= 4 is 10.1 Å². The standard InChI is InChI=1S/C11H8N2O3S/c1-9-2-4-11(5-3-9)17(14,15)16-8-10(6-12)7-13/h2-5,8H,1H3. The average Bonchev–Trinajstić information content (AvgIpc) is 2.31. The summed E-state index contributed by atoms with van der Waals surface area (Å²) in [6.07, 6.45) is 0.620. The van der Waals surface area contributed by atoms with Gasteiger partial charge >= 0.3 is 10.1 Å². The zero-order valence-electron chi connectivity index (χ0n) is 8.91. The minimum atomic E-state index is -3.97. The maximum atomic E-state index is 11.6. The lowest BCUT2D eigenvalue weighted by Gasteiger charge is -2.02. The molecule has 17 heavy (non-hydrogen) atoms. The monoisotopic (exact) mass is 248 g/mol. The van der Waals surface area contributed by atoms with Gasteiger partial charge in [-0.15, -0.1) is 0 Å². The van der Waals surface area contributed by atoms with Gasteiger partial charge in [0, 0.05) is 0 Å². The van der Waals surface area contributed by atoms with Crippen LogP contribution >= 0.6 is 0 Å². The molecular weight excluding hydrogens is 240 g/mol. The summed E-state index contributed by atoms with van der Waals surface area (Å²) in [7, 11) is -3.97. The highest BCUT2D eigenvalue weighted by Gasteiger charge is 2.14. The van der Waals surface area contributed by atoms with Crippen LogP contribution in [-0.4, -0.2) is 8.42 Å². The Morgan fingerprint density at radius 2 is 1.76 bits per heavy atom. The lowest BCUT2D eigenvalue weighted by atomic mass is 10.2. The fourth-order valence-corrected chi connectivity index (χ4v) is 1.75. The predicted molar refractivity (Wildman–Crippen MR) is 58.8 cm³/mol. The van der Waals surface area contributed by atoms with E-state index in [2.05, 4.69) is 4.18 Å². The van der Waals surface area contributed by atoms with Crippen molar-refractivity contribution < 1.29 is 12.6 Å². The molecule has 0 fully saturated rings.